The maximum Gasteiger partial charge on any atom is 0.242 e. The molecule has 0 aliphatic carbocycles. The van der Waals surface area contributed by atoms with E-state index in [1.165, 1.54) is 6.92 Å². The minimum atomic E-state index is -0.598. The second-order valence-electron chi connectivity index (χ2n) is 5.89. The molecule has 0 aliphatic heterocycles. The normalized spacial score (nSPS) is 12.1. The molecule has 1 aromatic heterocycles. The Balaban J connectivity index is 1.99. The summed E-state index contributed by atoms with van der Waals surface area (Å²) >= 11 is 0. The number of aromatic amines is 1. The van der Waals surface area contributed by atoms with Gasteiger partial charge in [-0.1, -0.05) is 18.2 Å². The molecule has 2 aromatic rings. The number of carbonyl (C=O) groups excluding carboxylic acids is 2. The van der Waals surface area contributed by atoms with Crippen molar-refractivity contribution in [3.63, 3.8) is 0 Å². The molecule has 0 radical (unpaired) electrons. The Morgan fingerprint density at radius 1 is 1.21 bits per heavy atom. The fourth-order valence-electron chi connectivity index (χ4n) is 2.72. The van der Waals surface area contributed by atoms with Gasteiger partial charge >= 0.3 is 0 Å². The summed E-state index contributed by atoms with van der Waals surface area (Å²) in [6.07, 6.45) is 4.73. The van der Waals surface area contributed by atoms with Crippen molar-refractivity contribution < 1.29 is 14.7 Å². The Morgan fingerprint density at radius 3 is 2.75 bits per heavy atom. The third-order valence-corrected chi connectivity index (χ3v) is 3.93. The van der Waals surface area contributed by atoms with Crippen LogP contribution in [0, 0.1) is 0 Å². The van der Waals surface area contributed by atoms with Crippen LogP contribution in [0.1, 0.15) is 31.7 Å². The van der Waals surface area contributed by atoms with E-state index >= 15 is 0 Å². The average molecular weight is 331 g/mol. The molecule has 0 bridgehead atoms. The van der Waals surface area contributed by atoms with Crippen molar-refractivity contribution in [2.24, 2.45) is 0 Å². The molecule has 6 heteroatoms. The summed E-state index contributed by atoms with van der Waals surface area (Å²) in [5.41, 5.74) is 2.01. The number of amides is 2. The highest BCUT2D eigenvalue weighted by atomic mass is 16.3. The van der Waals surface area contributed by atoms with E-state index in [1.807, 2.05) is 30.5 Å². The SMILES string of the molecule is CC(=O)NC(Cc1c[nH]c2ccccc12)C(=O)NCCCCCO. The van der Waals surface area contributed by atoms with Crippen LogP contribution in [0.5, 0.6) is 0 Å². The number of hydrogen-bond donors (Lipinski definition) is 4. The van der Waals surface area contributed by atoms with E-state index in [0.29, 0.717) is 13.0 Å². The molecule has 6 nitrogen and oxygen atoms in total. The van der Waals surface area contributed by atoms with Gasteiger partial charge < -0.3 is 20.7 Å². The van der Waals surface area contributed by atoms with Gasteiger partial charge in [-0.15, -0.1) is 0 Å². The maximum absolute atomic E-state index is 12.4. The van der Waals surface area contributed by atoms with Crippen molar-refractivity contribution in [2.75, 3.05) is 13.2 Å². The zero-order valence-corrected chi connectivity index (χ0v) is 14.0. The molecule has 24 heavy (non-hydrogen) atoms. The number of carbonyl (C=O) groups is 2. The first-order chi connectivity index (χ1) is 11.6. The van der Waals surface area contributed by atoms with Crippen molar-refractivity contribution in [1.29, 1.82) is 0 Å². The average Bonchev–Trinajstić information content (AvgIpc) is 2.97. The number of unbranched alkanes of at least 4 members (excludes halogenated alkanes) is 2. The van der Waals surface area contributed by atoms with Gasteiger partial charge in [-0.25, -0.2) is 0 Å². The highest BCUT2D eigenvalue weighted by Gasteiger charge is 2.21. The van der Waals surface area contributed by atoms with Crippen LogP contribution < -0.4 is 10.6 Å². The third-order valence-electron chi connectivity index (χ3n) is 3.93. The minimum Gasteiger partial charge on any atom is -0.396 e. The molecular weight excluding hydrogens is 306 g/mol. The van der Waals surface area contributed by atoms with Gasteiger partial charge in [0.05, 0.1) is 0 Å². The van der Waals surface area contributed by atoms with Crippen molar-refractivity contribution in [3.05, 3.63) is 36.0 Å². The molecular formula is C18H25N3O3. The molecule has 130 valence electrons. The molecule has 4 N–H and O–H groups in total. The van der Waals surface area contributed by atoms with Gasteiger partial charge in [0.1, 0.15) is 6.04 Å². The molecule has 2 rings (SSSR count). The van der Waals surface area contributed by atoms with Gasteiger partial charge in [0.2, 0.25) is 11.8 Å². The van der Waals surface area contributed by atoms with Crippen LogP contribution in [-0.4, -0.2) is 41.1 Å². The summed E-state index contributed by atoms with van der Waals surface area (Å²) in [5.74, 6) is -0.408. The molecule has 0 fully saturated rings. The van der Waals surface area contributed by atoms with Crippen molar-refractivity contribution in [1.82, 2.24) is 15.6 Å². The smallest absolute Gasteiger partial charge is 0.242 e. The maximum atomic E-state index is 12.4. The van der Waals surface area contributed by atoms with Gasteiger partial charge in [0.15, 0.2) is 0 Å². The lowest BCUT2D eigenvalue weighted by molar-refractivity contribution is -0.128. The van der Waals surface area contributed by atoms with Crippen LogP contribution in [0.25, 0.3) is 10.9 Å². The first kappa shape index (κ1) is 18.0. The molecule has 1 aromatic carbocycles. The second kappa shape index (κ2) is 9.08. The predicted molar refractivity (Wildman–Crippen MR) is 93.6 cm³/mol. The van der Waals surface area contributed by atoms with Crippen molar-refractivity contribution in [3.8, 4) is 0 Å². The van der Waals surface area contributed by atoms with Gasteiger partial charge in [0, 0.05) is 43.6 Å². The first-order valence-corrected chi connectivity index (χ1v) is 8.32. The van der Waals surface area contributed by atoms with E-state index in [2.05, 4.69) is 15.6 Å². The molecule has 0 aliphatic rings. The summed E-state index contributed by atoms with van der Waals surface area (Å²) in [4.78, 5) is 27.0. The second-order valence-corrected chi connectivity index (χ2v) is 5.89. The summed E-state index contributed by atoms with van der Waals surface area (Å²) in [6, 6.07) is 7.28. The number of benzene rings is 1. The number of hydrogen-bond acceptors (Lipinski definition) is 3. The number of aliphatic hydroxyl groups is 1. The number of nitrogens with one attached hydrogen (secondary N) is 3. The Bertz CT molecular complexity index is 681. The zero-order valence-electron chi connectivity index (χ0n) is 14.0. The summed E-state index contributed by atoms with van der Waals surface area (Å²) in [5, 5.41) is 15.4. The number of aromatic nitrogens is 1. The minimum absolute atomic E-state index is 0.170. The van der Waals surface area contributed by atoms with E-state index < -0.39 is 6.04 Å². The molecule has 2 amide bonds. The molecule has 0 saturated carbocycles. The fourth-order valence-corrected chi connectivity index (χ4v) is 2.72. The monoisotopic (exact) mass is 331 g/mol. The van der Waals surface area contributed by atoms with E-state index in [-0.39, 0.29) is 18.4 Å². The van der Waals surface area contributed by atoms with Crippen molar-refractivity contribution in [2.45, 2.75) is 38.6 Å². The van der Waals surface area contributed by atoms with Crippen LogP contribution in [0.15, 0.2) is 30.5 Å². The number of fused-ring (bicyclic) bond motifs is 1. The van der Waals surface area contributed by atoms with Crippen LogP contribution >= 0.6 is 0 Å². The lowest BCUT2D eigenvalue weighted by atomic mass is 10.0. The number of H-pyrrole nitrogens is 1. The van der Waals surface area contributed by atoms with Crippen molar-refractivity contribution >= 4 is 22.7 Å². The molecule has 1 unspecified atom stereocenters. The van der Waals surface area contributed by atoms with E-state index in [0.717, 1.165) is 35.7 Å². The highest BCUT2D eigenvalue weighted by molar-refractivity contribution is 5.89. The largest absolute Gasteiger partial charge is 0.396 e. The van der Waals surface area contributed by atoms with Gasteiger partial charge in [0.25, 0.3) is 0 Å². The fraction of sp³-hybridized carbons (Fsp3) is 0.444. The molecule has 0 spiro atoms. The van der Waals surface area contributed by atoms with Crippen LogP contribution in [0.4, 0.5) is 0 Å². The Hall–Kier alpha value is -2.34. The van der Waals surface area contributed by atoms with E-state index in [1.54, 1.807) is 0 Å². The summed E-state index contributed by atoms with van der Waals surface area (Å²) < 4.78 is 0. The van der Waals surface area contributed by atoms with Gasteiger partial charge in [-0.3, -0.25) is 9.59 Å². The number of rotatable bonds is 9. The van der Waals surface area contributed by atoms with Crippen LogP contribution in [-0.2, 0) is 16.0 Å². The Kier molecular flexibility index (Phi) is 6.81. The summed E-state index contributed by atoms with van der Waals surface area (Å²) in [7, 11) is 0. The third kappa shape index (κ3) is 5.09. The summed E-state index contributed by atoms with van der Waals surface area (Å²) in [6.45, 7) is 2.13. The Morgan fingerprint density at radius 2 is 2.00 bits per heavy atom. The van der Waals surface area contributed by atoms with E-state index in [4.69, 9.17) is 5.11 Å². The van der Waals surface area contributed by atoms with E-state index in [9.17, 15) is 9.59 Å². The van der Waals surface area contributed by atoms with Gasteiger partial charge in [-0.2, -0.15) is 0 Å². The molecule has 1 atom stereocenters. The lowest BCUT2D eigenvalue weighted by Crippen LogP contribution is -2.47. The number of aliphatic hydroxyl groups excluding tert-OH is 1. The Labute approximate surface area is 141 Å². The predicted octanol–water partition coefficient (Wildman–Crippen LogP) is 1.49. The van der Waals surface area contributed by atoms with Crippen LogP contribution in [0.3, 0.4) is 0 Å². The van der Waals surface area contributed by atoms with Crippen LogP contribution in [0.2, 0.25) is 0 Å². The molecule has 1 heterocycles. The first-order valence-electron chi connectivity index (χ1n) is 8.32. The number of para-hydroxylation sites is 1. The van der Waals surface area contributed by atoms with Gasteiger partial charge in [-0.05, 0) is 30.9 Å². The molecule has 0 saturated heterocycles. The quantitative estimate of drug-likeness (QED) is 0.524. The lowest BCUT2D eigenvalue weighted by Gasteiger charge is -2.17. The topological polar surface area (TPSA) is 94.2 Å². The zero-order chi connectivity index (χ0) is 17.4. The standard InChI is InChI=1S/C18H25N3O3/c1-13(23)21-17(18(24)19-9-5-2-6-10-22)11-14-12-20-16-8-4-3-7-15(14)16/h3-4,7-8,12,17,20,22H,2,5-6,9-11H2,1H3,(H,19,24)(H,21,23). The highest BCUT2D eigenvalue weighted by Crippen LogP contribution is 2.19.